The van der Waals surface area contributed by atoms with Gasteiger partial charge in [-0.1, -0.05) is 0 Å². The number of hydrogen-bond acceptors (Lipinski definition) is 4. The molecule has 1 N–H and O–H groups in total. The van der Waals surface area contributed by atoms with Crippen LogP contribution in [0, 0.1) is 29.6 Å². The average Bonchev–Trinajstić information content (AvgIpc) is 3.03. The molecule has 0 amide bonds. The molecule has 4 saturated carbocycles. The van der Waals surface area contributed by atoms with Crippen molar-refractivity contribution < 1.29 is 31.9 Å². The van der Waals surface area contributed by atoms with Crippen molar-refractivity contribution in [1.29, 1.82) is 0 Å². The van der Waals surface area contributed by atoms with Crippen molar-refractivity contribution in [2.45, 2.75) is 30.1 Å². The van der Waals surface area contributed by atoms with Gasteiger partial charge in [0.2, 0.25) is 11.1 Å². The third kappa shape index (κ3) is 1.23. The predicted molar refractivity (Wildman–Crippen MR) is 60.8 cm³/mol. The quantitative estimate of drug-likeness (QED) is 0.620. The lowest BCUT2D eigenvalue weighted by Crippen LogP contribution is -2.52. The maximum Gasteiger partial charge on any atom is 0.439 e. The van der Waals surface area contributed by atoms with E-state index in [0.29, 0.717) is 12.8 Å². The van der Waals surface area contributed by atoms with E-state index in [1.165, 1.54) is 0 Å². The Kier molecular flexibility index (Phi) is 2.22. The molecule has 5 nitrogen and oxygen atoms in total. The van der Waals surface area contributed by atoms with Crippen LogP contribution in [0.15, 0.2) is 0 Å². The van der Waals surface area contributed by atoms with Crippen molar-refractivity contribution in [1.82, 2.24) is 0 Å². The molecule has 6 bridgehead atoms. The molecule has 0 aromatic carbocycles. The fourth-order valence-electron chi connectivity index (χ4n) is 5.34. The topological polar surface area (TPSA) is 80.7 Å². The molecule has 0 heterocycles. The molecule has 4 rings (SSSR count). The minimum atomic E-state index is -4.41. The van der Waals surface area contributed by atoms with Crippen LogP contribution in [0.5, 0.6) is 0 Å². The van der Waals surface area contributed by atoms with Crippen molar-refractivity contribution in [3.05, 3.63) is 0 Å². The Bertz CT molecular complexity index is 560. The number of ketones is 1. The highest BCUT2D eigenvalue weighted by Gasteiger charge is 2.78. The van der Waals surface area contributed by atoms with Gasteiger partial charge in [0.05, 0.1) is 0 Å². The highest BCUT2D eigenvalue weighted by molar-refractivity contribution is 7.81. The van der Waals surface area contributed by atoms with Crippen LogP contribution in [-0.2, 0) is 25.4 Å². The second-order valence-corrected chi connectivity index (χ2v) is 7.35. The van der Waals surface area contributed by atoms with Crippen LogP contribution in [0.4, 0.5) is 8.78 Å². The largest absolute Gasteiger partial charge is 0.453 e. The van der Waals surface area contributed by atoms with E-state index in [1.54, 1.807) is 0 Å². The lowest BCUT2D eigenvalue weighted by molar-refractivity contribution is -0.189. The predicted octanol–water partition coefficient (Wildman–Crippen LogP) is 0.958. The summed E-state index contributed by atoms with van der Waals surface area (Å²) in [6.07, 6.45) is 1.57. The summed E-state index contributed by atoms with van der Waals surface area (Å²) in [5.74, 6) is -1.83. The third-order valence-corrected chi connectivity index (χ3v) is 6.28. The molecular formula is C12H12F2O5S. The first-order valence-electron chi connectivity index (χ1n) is 6.54. The molecule has 0 spiro atoms. The van der Waals surface area contributed by atoms with Gasteiger partial charge in [0.25, 0.3) is 0 Å². The molecule has 0 saturated heterocycles. The Morgan fingerprint density at radius 1 is 1.40 bits per heavy atom. The molecule has 4 aliphatic carbocycles. The summed E-state index contributed by atoms with van der Waals surface area (Å²) >= 11 is -3.59. The van der Waals surface area contributed by atoms with E-state index in [9.17, 15) is 22.6 Å². The highest BCUT2D eigenvalue weighted by Crippen LogP contribution is 2.74. The zero-order chi connectivity index (χ0) is 14.4. The smallest absolute Gasteiger partial charge is 0.439 e. The number of ether oxygens (including phenoxy) is 1. The molecule has 0 aromatic rings. The number of Topliss-reactive ketones (excluding diaryl/α,β-unsaturated/α-hetero) is 1. The average molecular weight is 306 g/mol. The summed E-state index contributed by atoms with van der Waals surface area (Å²) in [6.45, 7) is 0. The molecule has 20 heavy (non-hydrogen) atoms. The van der Waals surface area contributed by atoms with E-state index < -0.39 is 27.9 Å². The van der Waals surface area contributed by atoms with Gasteiger partial charge in [0, 0.05) is 17.8 Å². The third-order valence-electron chi connectivity index (χ3n) is 5.68. The SMILES string of the molecule is O=C1C2CC3(OC(=O)C(F)(F)S(=O)O)CC4CC1C3C42. The lowest BCUT2D eigenvalue weighted by atomic mass is 9.66. The van der Waals surface area contributed by atoms with Gasteiger partial charge >= 0.3 is 11.2 Å². The van der Waals surface area contributed by atoms with Gasteiger partial charge in [-0.25, -0.2) is 9.00 Å². The number of halogens is 2. The van der Waals surface area contributed by atoms with Gasteiger partial charge in [-0.15, -0.1) is 0 Å². The summed E-state index contributed by atoms with van der Waals surface area (Å²) in [6, 6.07) is 0. The van der Waals surface area contributed by atoms with Crippen LogP contribution in [0.3, 0.4) is 0 Å². The number of esters is 1. The summed E-state index contributed by atoms with van der Waals surface area (Å²) in [7, 11) is 0. The number of carbonyl (C=O) groups excluding carboxylic acids is 2. The number of rotatable bonds is 3. The molecule has 0 aromatic heterocycles. The molecular weight excluding hydrogens is 294 g/mol. The Hall–Kier alpha value is -0.890. The minimum Gasteiger partial charge on any atom is -0.453 e. The standard InChI is InChI=1S/C12H12F2O5S/c13-12(14,20(17)18)10(16)19-11-2-4-1-5-8(11)7(4)6(3-11)9(5)15/h4-8H,1-3H2,(H,17,18). The van der Waals surface area contributed by atoms with Gasteiger partial charge < -0.3 is 9.29 Å². The van der Waals surface area contributed by atoms with Crippen molar-refractivity contribution in [3.63, 3.8) is 0 Å². The maximum atomic E-state index is 13.2. The molecule has 8 heteroatoms. The van der Waals surface area contributed by atoms with Crippen LogP contribution in [0.2, 0.25) is 0 Å². The Morgan fingerprint density at radius 2 is 2.10 bits per heavy atom. The van der Waals surface area contributed by atoms with Crippen molar-refractivity contribution >= 4 is 22.8 Å². The Morgan fingerprint density at radius 3 is 2.65 bits per heavy atom. The second-order valence-electron chi connectivity index (χ2n) is 6.34. The molecule has 7 unspecified atom stereocenters. The monoisotopic (exact) mass is 306 g/mol. The van der Waals surface area contributed by atoms with E-state index in [1.807, 2.05) is 0 Å². The lowest BCUT2D eigenvalue weighted by Gasteiger charge is -2.44. The fraction of sp³-hybridized carbons (Fsp3) is 0.833. The van der Waals surface area contributed by atoms with E-state index in [2.05, 4.69) is 0 Å². The first-order valence-corrected chi connectivity index (χ1v) is 7.64. The van der Waals surface area contributed by atoms with Gasteiger partial charge in [0.1, 0.15) is 11.4 Å². The number of hydrogen-bond donors (Lipinski definition) is 1. The zero-order valence-corrected chi connectivity index (χ0v) is 11.1. The fourth-order valence-corrected chi connectivity index (χ4v) is 5.52. The van der Waals surface area contributed by atoms with Gasteiger partial charge in [0.15, 0.2) is 0 Å². The summed E-state index contributed by atoms with van der Waals surface area (Å²) in [5.41, 5.74) is -1.00. The van der Waals surface area contributed by atoms with Crippen molar-refractivity contribution in [2.75, 3.05) is 0 Å². The Balaban J connectivity index is 1.62. The molecule has 7 atom stereocenters. The van der Waals surface area contributed by atoms with E-state index >= 15 is 0 Å². The summed E-state index contributed by atoms with van der Waals surface area (Å²) < 4.78 is 50.5. The minimum absolute atomic E-state index is 0.156. The molecule has 110 valence electrons. The van der Waals surface area contributed by atoms with Gasteiger partial charge in [-0.05, 0) is 31.1 Å². The summed E-state index contributed by atoms with van der Waals surface area (Å²) in [5, 5.41) is -4.41. The van der Waals surface area contributed by atoms with Gasteiger partial charge in [-0.3, -0.25) is 4.79 Å². The molecule has 4 aliphatic rings. The summed E-state index contributed by atoms with van der Waals surface area (Å²) in [4.78, 5) is 23.5. The van der Waals surface area contributed by atoms with E-state index in [4.69, 9.17) is 9.29 Å². The van der Waals surface area contributed by atoms with Gasteiger partial charge in [-0.2, -0.15) is 8.78 Å². The van der Waals surface area contributed by atoms with Crippen LogP contribution >= 0.6 is 0 Å². The maximum absolute atomic E-state index is 13.2. The number of alkyl halides is 2. The highest BCUT2D eigenvalue weighted by atomic mass is 32.2. The number of carbonyl (C=O) groups is 2. The van der Waals surface area contributed by atoms with E-state index in [0.717, 1.165) is 6.42 Å². The van der Waals surface area contributed by atoms with Crippen molar-refractivity contribution in [2.24, 2.45) is 29.6 Å². The van der Waals surface area contributed by atoms with Crippen LogP contribution in [-0.4, -0.2) is 31.4 Å². The Labute approximate surface area is 115 Å². The van der Waals surface area contributed by atoms with E-state index in [-0.39, 0.29) is 35.4 Å². The van der Waals surface area contributed by atoms with Crippen LogP contribution in [0.1, 0.15) is 19.3 Å². The first-order chi connectivity index (χ1) is 9.28. The normalized spacial score (nSPS) is 49.1. The molecule has 4 fully saturated rings. The van der Waals surface area contributed by atoms with Crippen LogP contribution in [0.25, 0.3) is 0 Å². The zero-order valence-electron chi connectivity index (χ0n) is 10.3. The first kappa shape index (κ1) is 12.8. The molecule has 0 aliphatic heterocycles. The molecule has 0 radical (unpaired) electrons. The van der Waals surface area contributed by atoms with Crippen LogP contribution < -0.4 is 0 Å². The second kappa shape index (κ2) is 3.47. The van der Waals surface area contributed by atoms with Crippen molar-refractivity contribution in [3.8, 4) is 0 Å².